The Balaban J connectivity index is 1.38. The first-order chi connectivity index (χ1) is 14.1. The molecule has 1 aliphatic heterocycles. The van der Waals surface area contributed by atoms with E-state index in [4.69, 9.17) is 11.6 Å². The van der Waals surface area contributed by atoms with Gasteiger partial charge < -0.3 is 15.5 Å². The molecule has 154 valence electrons. The fourth-order valence-corrected chi connectivity index (χ4v) is 3.90. The van der Waals surface area contributed by atoms with E-state index in [1.165, 1.54) is 17.4 Å². The molecule has 0 unspecified atom stereocenters. The smallest absolute Gasteiger partial charge is 0.313 e. The number of halogens is 1. The maximum atomic E-state index is 12.1. The zero-order valence-electron chi connectivity index (χ0n) is 16.4. The Kier molecular flexibility index (Phi) is 7.80. The Morgan fingerprint density at radius 1 is 1.00 bits per heavy atom. The number of benzene rings is 2. The average molecular weight is 433 g/mol. The second-order valence-corrected chi connectivity index (χ2v) is 8.00. The van der Waals surface area contributed by atoms with Gasteiger partial charge in [-0.1, -0.05) is 23.7 Å². The van der Waals surface area contributed by atoms with Gasteiger partial charge in [0.1, 0.15) is 0 Å². The largest absolute Gasteiger partial charge is 0.369 e. The topological polar surface area (TPSA) is 64.7 Å². The van der Waals surface area contributed by atoms with Crippen LogP contribution in [0.15, 0.2) is 53.4 Å². The Morgan fingerprint density at radius 2 is 1.69 bits per heavy atom. The van der Waals surface area contributed by atoms with Crippen LogP contribution in [0.5, 0.6) is 0 Å². The molecule has 0 aromatic heterocycles. The Hall–Kier alpha value is -2.22. The van der Waals surface area contributed by atoms with Gasteiger partial charge in [0, 0.05) is 54.9 Å². The number of anilines is 2. The van der Waals surface area contributed by atoms with Gasteiger partial charge in [-0.25, -0.2) is 0 Å². The highest BCUT2D eigenvalue weighted by Gasteiger charge is 2.18. The van der Waals surface area contributed by atoms with Crippen molar-refractivity contribution in [3.63, 3.8) is 0 Å². The molecule has 2 amide bonds. The molecule has 0 saturated carbocycles. The van der Waals surface area contributed by atoms with E-state index in [2.05, 4.69) is 20.4 Å². The van der Waals surface area contributed by atoms with Gasteiger partial charge in [-0.15, -0.1) is 11.8 Å². The number of rotatable bonds is 6. The molecule has 0 aliphatic carbocycles. The van der Waals surface area contributed by atoms with Gasteiger partial charge in [-0.2, -0.15) is 0 Å². The molecule has 8 heteroatoms. The lowest BCUT2D eigenvalue weighted by Gasteiger charge is -2.36. The first-order valence-corrected chi connectivity index (χ1v) is 11.1. The predicted molar refractivity (Wildman–Crippen MR) is 120 cm³/mol. The van der Waals surface area contributed by atoms with Crippen LogP contribution >= 0.6 is 23.4 Å². The number of piperazine rings is 1. The molecule has 1 heterocycles. The summed E-state index contributed by atoms with van der Waals surface area (Å²) in [4.78, 5) is 29.7. The van der Waals surface area contributed by atoms with E-state index in [-0.39, 0.29) is 0 Å². The highest BCUT2D eigenvalue weighted by molar-refractivity contribution is 7.98. The lowest BCUT2D eigenvalue weighted by Crippen LogP contribution is -2.49. The van der Waals surface area contributed by atoms with Crippen molar-refractivity contribution in [2.75, 3.05) is 55.7 Å². The number of para-hydroxylation sites is 1. The van der Waals surface area contributed by atoms with Crippen LogP contribution in [-0.2, 0) is 9.59 Å². The van der Waals surface area contributed by atoms with Crippen molar-refractivity contribution in [3.8, 4) is 0 Å². The van der Waals surface area contributed by atoms with E-state index < -0.39 is 11.8 Å². The standard InChI is InChI=1S/C21H25ClN4O2S/c1-29-19-5-3-2-4-18(19)24-21(28)20(27)23-10-11-25-12-14-26(15-13-25)17-8-6-16(22)7-9-17/h2-9H,10-15H2,1H3,(H,23,27)(H,24,28). The lowest BCUT2D eigenvalue weighted by molar-refractivity contribution is -0.136. The third kappa shape index (κ3) is 6.13. The van der Waals surface area contributed by atoms with Crippen molar-refractivity contribution >= 4 is 46.6 Å². The zero-order valence-corrected chi connectivity index (χ0v) is 17.9. The molecule has 2 aromatic carbocycles. The quantitative estimate of drug-likeness (QED) is 0.542. The molecule has 2 N–H and O–H groups in total. The number of thioether (sulfide) groups is 1. The summed E-state index contributed by atoms with van der Waals surface area (Å²) in [6.07, 6.45) is 1.93. The molecule has 1 saturated heterocycles. The van der Waals surface area contributed by atoms with Gasteiger partial charge in [-0.3, -0.25) is 14.5 Å². The third-order valence-electron chi connectivity index (χ3n) is 4.84. The number of carbonyl (C=O) groups is 2. The van der Waals surface area contributed by atoms with Crippen LogP contribution in [0.3, 0.4) is 0 Å². The van der Waals surface area contributed by atoms with Crippen LogP contribution in [0.2, 0.25) is 5.02 Å². The average Bonchev–Trinajstić information content (AvgIpc) is 2.75. The summed E-state index contributed by atoms with van der Waals surface area (Å²) in [5.74, 6) is -1.25. The molecule has 1 aliphatic rings. The summed E-state index contributed by atoms with van der Waals surface area (Å²) in [7, 11) is 0. The molecular weight excluding hydrogens is 408 g/mol. The first kappa shape index (κ1) is 21.5. The van der Waals surface area contributed by atoms with Gasteiger partial charge in [-0.05, 0) is 42.7 Å². The van der Waals surface area contributed by atoms with E-state index in [0.717, 1.165) is 42.6 Å². The number of nitrogens with zero attached hydrogens (tertiary/aromatic N) is 2. The van der Waals surface area contributed by atoms with Gasteiger partial charge in [0.05, 0.1) is 5.69 Å². The zero-order chi connectivity index (χ0) is 20.6. The molecule has 1 fully saturated rings. The van der Waals surface area contributed by atoms with E-state index in [0.29, 0.717) is 12.2 Å². The van der Waals surface area contributed by atoms with E-state index in [1.807, 2.05) is 48.7 Å². The normalized spacial score (nSPS) is 14.5. The van der Waals surface area contributed by atoms with Crippen LogP contribution in [-0.4, -0.2) is 62.2 Å². The van der Waals surface area contributed by atoms with Gasteiger partial charge in [0.15, 0.2) is 0 Å². The number of amides is 2. The maximum absolute atomic E-state index is 12.1. The molecule has 29 heavy (non-hydrogen) atoms. The third-order valence-corrected chi connectivity index (χ3v) is 5.89. The molecule has 0 bridgehead atoms. The minimum absolute atomic E-state index is 0.442. The number of hydrogen-bond acceptors (Lipinski definition) is 5. The number of nitrogens with one attached hydrogen (secondary N) is 2. The van der Waals surface area contributed by atoms with Crippen molar-refractivity contribution in [2.24, 2.45) is 0 Å². The van der Waals surface area contributed by atoms with Crippen LogP contribution < -0.4 is 15.5 Å². The summed E-state index contributed by atoms with van der Waals surface area (Å²) in [5.41, 5.74) is 1.82. The molecule has 0 atom stereocenters. The van der Waals surface area contributed by atoms with Crippen molar-refractivity contribution in [3.05, 3.63) is 53.6 Å². The van der Waals surface area contributed by atoms with Gasteiger partial charge >= 0.3 is 11.8 Å². The van der Waals surface area contributed by atoms with Crippen LogP contribution in [0.4, 0.5) is 11.4 Å². The molecule has 0 spiro atoms. The highest BCUT2D eigenvalue weighted by Crippen LogP contribution is 2.24. The number of hydrogen-bond donors (Lipinski definition) is 2. The first-order valence-electron chi connectivity index (χ1n) is 9.52. The lowest BCUT2D eigenvalue weighted by atomic mass is 10.2. The van der Waals surface area contributed by atoms with Crippen molar-refractivity contribution in [1.82, 2.24) is 10.2 Å². The van der Waals surface area contributed by atoms with E-state index in [9.17, 15) is 9.59 Å². The van der Waals surface area contributed by atoms with Crippen LogP contribution in [0.25, 0.3) is 0 Å². The summed E-state index contributed by atoms with van der Waals surface area (Å²) in [6.45, 7) is 4.81. The fourth-order valence-electron chi connectivity index (χ4n) is 3.22. The Morgan fingerprint density at radius 3 is 2.38 bits per heavy atom. The minimum atomic E-state index is -0.640. The molecular formula is C21H25ClN4O2S. The minimum Gasteiger partial charge on any atom is -0.369 e. The Labute approximate surface area is 180 Å². The van der Waals surface area contributed by atoms with Gasteiger partial charge in [0.25, 0.3) is 0 Å². The maximum Gasteiger partial charge on any atom is 0.313 e. The van der Waals surface area contributed by atoms with Crippen molar-refractivity contribution in [2.45, 2.75) is 4.90 Å². The molecule has 6 nitrogen and oxygen atoms in total. The summed E-state index contributed by atoms with van der Waals surface area (Å²) >= 11 is 7.47. The van der Waals surface area contributed by atoms with E-state index >= 15 is 0 Å². The SMILES string of the molecule is CSc1ccccc1NC(=O)C(=O)NCCN1CCN(c2ccc(Cl)cc2)CC1. The monoisotopic (exact) mass is 432 g/mol. The predicted octanol–water partition coefficient (Wildman–Crippen LogP) is 2.94. The molecule has 0 radical (unpaired) electrons. The van der Waals surface area contributed by atoms with Crippen molar-refractivity contribution in [1.29, 1.82) is 0 Å². The summed E-state index contributed by atoms with van der Waals surface area (Å²) < 4.78 is 0. The van der Waals surface area contributed by atoms with Crippen molar-refractivity contribution < 1.29 is 9.59 Å². The molecule has 3 rings (SSSR count). The Bertz CT molecular complexity index is 839. The van der Waals surface area contributed by atoms with Crippen LogP contribution in [0, 0.1) is 0 Å². The number of carbonyl (C=O) groups excluding carboxylic acids is 2. The summed E-state index contributed by atoms with van der Waals surface area (Å²) in [5, 5.41) is 6.12. The fraction of sp³-hybridized carbons (Fsp3) is 0.333. The summed E-state index contributed by atoms with van der Waals surface area (Å²) in [6, 6.07) is 15.3. The van der Waals surface area contributed by atoms with Gasteiger partial charge in [0.2, 0.25) is 0 Å². The second kappa shape index (κ2) is 10.5. The molecule has 2 aromatic rings. The second-order valence-electron chi connectivity index (χ2n) is 6.72. The van der Waals surface area contributed by atoms with Crippen LogP contribution in [0.1, 0.15) is 0 Å². The highest BCUT2D eigenvalue weighted by atomic mass is 35.5. The van der Waals surface area contributed by atoms with E-state index in [1.54, 1.807) is 6.07 Å².